The Kier molecular flexibility index (Phi) is 6.87. The van der Waals surface area contributed by atoms with E-state index in [0.29, 0.717) is 17.7 Å². The molecule has 142 valence electrons. The number of aliphatic carboxylic acids is 1. The van der Waals surface area contributed by atoms with Gasteiger partial charge in [-0.15, -0.1) is 0 Å². The van der Waals surface area contributed by atoms with Crippen molar-refractivity contribution in [1.82, 2.24) is 9.88 Å². The molecule has 8 nitrogen and oxygen atoms in total. The third-order valence-electron chi connectivity index (χ3n) is 3.75. The van der Waals surface area contributed by atoms with E-state index in [-0.39, 0.29) is 36.9 Å². The lowest BCUT2D eigenvalue weighted by molar-refractivity contribution is -0.137. The third kappa shape index (κ3) is 6.43. The molecule has 2 amide bonds. The van der Waals surface area contributed by atoms with Gasteiger partial charge in [-0.2, -0.15) is 0 Å². The van der Waals surface area contributed by atoms with Gasteiger partial charge in [-0.3, -0.25) is 19.2 Å². The molecule has 0 aliphatic rings. The summed E-state index contributed by atoms with van der Waals surface area (Å²) in [5.41, 5.74) is 1.48. The van der Waals surface area contributed by atoms with Crippen LogP contribution in [0.1, 0.15) is 28.8 Å². The highest BCUT2D eigenvalue weighted by atomic mass is 16.4. The Balaban J connectivity index is 1.87. The normalized spacial score (nSPS) is 10.3. The summed E-state index contributed by atoms with van der Waals surface area (Å²) in [5, 5.41) is 13.9. The van der Waals surface area contributed by atoms with Gasteiger partial charge < -0.3 is 20.3 Å². The van der Waals surface area contributed by atoms with Gasteiger partial charge in [0.15, 0.2) is 0 Å². The Hall–Kier alpha value is -3.42. The van der Waals surface area contributed by atoms with Gasteiger partial charge in [-0.05, 0) is 49.2 Å². The second-order valence-electron chi connectivity index (χ2n) is 6.05. The lowest BCUT2D eigenvalue weighted by atomic mass is 10.2. The molecule has 0 atom stereocenters. The number of carboxylic acids is 1. The largest absolute Gasteiger partial charge is 0.481 e. The summed E-state index contributed by atoms with van der Waals surface area (Å²) in [6, 6.07) is 9.49. The molecule has 0 saturated carbocycles. The second kappa shape index (κ2) is 9.33. The van der Waals surface area contributed by atoms with Crippen LogP contribution in [0.15, 0.2) is 47.4 Å². The number of hydrogen-bond donors (Lipinski definition) is 3. The number of nitrogens with one attached hydrogen (secondary N) is 2. The number of amides is 2. The van der Waals surface area contributed by atoms with Crippen LogP contribution in [-0.2, 0) is 16.1 Å². The lowest BCUT2D eigenvalue weighted by Gasteiger charge is -2.09. The lowest BCUT2D eigenvalue weighted by Crippen LogP contribution is -2.27. The van der Waals surface area contributed by atoms with Crippen LogP contribution >= 0.6 is 0 Å². The summed E-state index contributed by atoms with van der Waals surface area (Å²) in [5.74, 6) is -1.58. The van der Waals surface area contributed by atoms with Crippen LogP contribution < -0.4 is 16.2 Å². The standard InChI is InChI=1S/C19H21N3O5/c1-13-8-10-22(17(24)11-13)12-16(23)21-15-6-4-14(5-7-15)19(27)20-9-2-3-18(25)26/h4-8,10-11H,2-3,9,12H2,1H3,(H,20,27)(H,21,23)(H,25,26). The predicted octanol–water partition coefficient (Wildman–Crippen LogP) is 1.39. The number of aromatic nitrogens is 1. The van der Waals surface area contributed by atoms with Crippen LogP contribution in [0.2, 0.25) is 0 Å². The maximum absolute atomic E-state index is 12.1. The topological polar surface area (TPSA) is 118 Å². The summed E-state index contributed by atoms with van der Waals surface area (Å²) in [4.78, 5) is 46.2. The number of carboxylic acid groups (broad SMARTS) is 1. The molecule has 0 bridgehead atoms. The van der Waals surface area contributed by atoms with Gasteiger partial charge in [-0.1, -0.05) is 0 Å². The van der Waals surface area contributed by atoms with Crippen LogP contribution in [-0.4, -0.2) is 34.0 Å². The van der Waals surface area contributed by atoms with E-state index in [1.54, 1.807) is 43.5 Å². The summed E-state index contributed by atoms with van der Waals surface area (Å²) < 4.78 is 1.31. The van der Waals surface area contributed by atoms with Gasteiger partial charge in [0.1, 0.15) is 6.54 Å². The minimum absolute atomic E-state index is 0.00464. The second-order valence-corrected chi connectivity index (χ2v) is 6.05. The monoisotopic (exact) mass is 371 g/mol. The molecule has 2 aromatic rings. The summed E-state index contributed by atoms with van der Waals surface area (Å²) >= 11 is 0. The fourth-order valence-electron chi connectivity index (χ4n) is 2.34. The smallest absolute Gasteiger partial charge is 0.303 e. The molecule has 0 fully saturated rings. The summed E-state index contributed by atoms with van der Waals surface area (Å²) in [7, 11) is 0. The minimum Gasteiger partial charge on any atom is -0.481 e. The molecular weight excluding hydrogens is 350 g/mol. The predicted molar refractivity (Wildman–Crippen MR) is 99.7 cm³/mol. The van der Waals surface area contributed by atoms with E-state index in [9.17, 15) is 19.2 Å². The van der Waals surface area contributed by atoms with Crippen molar-refractivity contribution in [3.05, 3.63) is 64.1 Å². The van der Waals surface area contributed by atoms with Crippen molar-refractivity contribution in [2.24, 2.45) is 0 Å². The van der Waals surface area contributed by atoms with Gasteiger partial charge >= 0.3 is 5.97 Å². The number of hydrogen-bond acceptors (Lipinski definition) is 4. The summed E-state index contributed by atoms with van der Waals surface area (Å²) in [6.45, 7) is 1.97. The Morgan fingerprint density at radius 3 is 2.44 bits per heavy atom. The number of aryl methyl sites for hydroxylation is 1. The molecule has 27 heavy (non-hydrogen) atoms. The van der Waals surface area contributed by atoms with Crippen molar-refractivity contribution in [3.8, 4) is 0 Å². The molecule has 0 aliphatic carbocycles. The maximum Gasteiger partial charge on any atom is 0.303 e. The molecule has 1 aromatic carbocycles. The number of carbonyl (C=O) groups is 3. The number of benzene rings is 1. The first-order valence-electron chi connectivity index (χ1n) is 8.42. The van der Waals surface area contributed by atoms with Crippen LogP contribution in [0, 0.1) is 6.92 Å². The first kappa shape index (κ1) is 19.9. The van der Waals surface area contributed by atoms with E-state index in [0.717, 1.165) is 5.56 Å². The van der Waals surface area contributed by atoms with Gasteiger partial charge in [0, 0.05) is 36.5 Å². The Morgan fingerprint density at radius 2 is 1.81 bits per heavy atom. The Labute approximate surface area is 155 Å². The van der Waals surface area contributed by atoms with E-state index in [1.807, 2.05) is 0 Å². The summed E-state index contributed by atoms with van der Waals surface area (Å²) in [6.07, 6.45) is 1.91. The molecule has 3 N–H and O–H groups in total. The first-order chi connectivity index (χ1) is 12.8. The van der Waals surface area contributed by atoms with Crippen molar-refractivity contribution in [2.45, 2.75) is 26.3 Å². The van der Waals surface area contributed by atoms with Crippen LogP contribution in [0.25, 0.3) is 0 Å². The minimum atomic E-state index is -0.905. The van der Waals surface area contributed by atoms with E-state index < -0.39 is 5.97 Å². The molecule has 1 heterocycles. The van der Waals surface area contributed by atoms with Gasteiger partial charge in [0.25, 0.3) is 11.5 Å². The molecule has 0 radical (unpaired) electrons. The SMILES string of the molecule is Cc1ccn(CC(=O)Nc2ccc(C(=O)NCCCC(=O)O)cc2)c(=O)c1. The van der Waals surface area contributed by atoms with Crippen LogP contribution in [0.5, 0.6) is 0 Å². The van der Waals surface area contributed by atoms with Crippen molar-refractivity contribution >= 4 is 23.5 Å². The van der Waals surface area contributed by atoms with Crippen molar-refractivity contribution in [3.63, 3.8) is 0 Å². The highest BCUT2D eigenvalue weighted by Crippen LogP contribution is 2.10. The Morgan fingerprint density at radius 1 is 1.11 bits per heavy atom. The molecule has 2 rings (SSSR count). The fraction of sp³-hybridized carbons (Fsp3) is 0.263. The van der Waals surface area contributed by atoms with E-state index >= 15 is 0 Å². The average molecular weight is 371 g/mol. The zero-order chi connectivity index (χ0) is 19.8. The van der Waals surface area contributed by atoms with E-state index in [4.69, 9.17) is 5.11 Å². The van der Waals surface area contributed by atoms with E-state index in [2.05, 4.69) is 10.6 Å². The van der Waals surface area contributed by atoms with E-state index in [1.165, 1.54) is 10.6 Å². The molecule has 8 heteroatoms. The number of pyridine rings is 1. The van der Waals surface area contributed by atoms with Crippen molar-refractivity contribution < 1.29 is 19.5 Å². The number of anilines is 1. The zero-order valence-electron chi connectivity index (χ0n) is 14.9. The maximum atomic E-state index is 12.1. The molecule has 0 unspecified atom stereocenters. The van der Waals surface area contributed by atoms with Crippen molar-refractivity contribution in [1.29, 1.82) is 0 Å². The van der Waals surface area contributed by atoms with Crippen molar-refractivity contribution in [2.75, 3.05) is 11.9 Å². The fourth-order valence-corrected chi connectivity index (χ4v) is 2.34. The molecular formula is C19H21N3O5. The molecule has 1 aromatic heterocycles. The van der Waals surface area contributed by atoms with Gasteiger partial charge in [0.2, 0.25) is 5.91 Å². The first-order valence-corrected chi connectivity index (χ1v) is 8.42. The number of carbonyl (C=O) groups excluding carboxylic acids is 2. The Bertz CT molecular complexity index is 887. The van der Waals surface area contributed by atoms with Gasteiger partial charge in [0.05, 0.1) is 0 Å². The quantitative estimate of drug-likeness (QED) is 0.606. The number of nitrogens with zero attached hydrogens (tertiary/aromatic N) is 1. The number of rotatable bonds is 8. The molecule has 0 saturated heterocycles. The van der Waals surface area contributed by atoms with Gasteiger partial charge in [-0.25, -0.2) is 0 Å². The van der Waals surface area contributed by atoms with Crippen LogP contribution in [0.4, 0.5) is 5.69 Å². The molecule has 0 spiro atoms. The zero-order valence-corrected chi connectivity index (χ0v) is 14.9. The third-order valence-corrected chi connectivity index (χ3v) is 3.75. The highest BCUT2D eigenvalue weighted by molar-refractivity contribution is 5.95. The highest BCUT2D eigenvalue weighted by Gasteiger charge is 2.08. The average Bonchev–Trinajstić information content (AvgIpc) is 2.61. The van der Waals surface area contributed by atoms with Crippen LogP contribution in [0.3, 0.4) is 0 Å². The molecule has 0 aliphatic heterocycles.